The Morgan fingerprint density at radius 3 is 2.92 bits per heavy atom. The molecular formula is C18H23N5O2. The number of morpholine rings is 1. The lowest BCUT2D eigenvalue weighted by molar-refractivity contribution is 0.122. The van der Waals surface area contributed by atoms with E-state index in [-0.39, 0.29) is 6.03 Å². The minimum absolute atomic E-state index is 0.250. The van der Waals surface area contributed by atoms with Gasteiger partial charge in [0, 0.05) is 25.0 Å². The van der Waals surface area contributed by atoms with E-state index in [0.717, 1.165) is 30.9 Å². The van der Waals surface area contributed by atoms with E-state index in [9.17, 15) is 4.79 Å². The van der Waals surface area contributed by atoms with Gasteiger partial charge in [0.05, 0.1) is 25.5 Å². The molecule has 0 aliphatic carbocycles. The number of urea groups is 1. The summed E-state index contributed by atoms with van der Waals surface area (Å²) in [5.74, 6) is 0.679. The molecule has 7 heteroatoms. The molecule has 0 saturated carbocycles. The minimum atomic E-state index is -0.250. The van der Waals surface area contributed by atoms with Crippen molar-refractivity contribution in [1.82, 2.24) is 15.3 Å². The van der Waals surface area contributed by atoms with Crippen LogP contribution in [-0.4, -0.2) is 42.3 Å². The number of hydrogen-bond acceptors (Lipinski definition) is 5. The monoisotopic (exact) mass is 341 g/mol. The predicted octanol–water partition coefficient (Wildman–Crippen LogP) is 2.20. The molecule has 0 spiro atoms. The second kappa shape index (κ2) is 8.43. The van der Waals surface area contributed by atoms with E-state index in [1.54, 1.807) is 6.20 Å². The molecule has 3 rings (SSSR count). The van der Waals surface area contributed by atoms with Crippen molar-refractivity contribution in [2.75, 3.05) is 36.5 Å². The van der Waals surface area contributed by atoms with Crippen molar-refractivity contribution in [3.05, 3.63) is 47.8 Å². The van der Waals surface area contributed by atoms with Crippen LogP contribution in [0, 0.1) is 0 Å². The molecule has 25 heavy (non-hydrogen) atoms. The van der Waals surface area contributed by atoms with Gasteiger partial charge in [-0.05, 0) is 30.2 Å². The number of aryl methyl sites for hydroxylation is 1. The van der Waals surface area contributed by atoms with Crippen LogP contribution in [0.5, 0.6) is 0 Å². The van der Waals surface area contributed by atoms with Crippen LogP contribution >= 0.6 is 0 Å². The van der Waals surface area contributed by atoms with E-state index in [4.69, 9.17) is 4.74 Å². The highest BCUT2D eigenvalue weighted by atomic mass is 16.5. The topological polar surface area (TPSA) is 79.4 Å². The van der Waals surface area contributed by atoms with Gasteiger partial charge in [0.1, 0.15) is 0 Å². The van der Waals surface area contributed by atoms with E-state index in [1.807, 2.05) is 30.3 Å². The molecule has 2 amide bonds. The maximum Gasteiger partial charge on any atom is 0.319 e. The van der Waals surface area contributed by atoms with Crippen LogP contribution in [0.15, 0.2) is 36.5 Å². The lowest BCUT2D eigenvalue weighted by Gasteiger charge is -2.26. The summed E-state index contributed by atoms with van der Waals surface area (Å²) in [5, 5.41) is 5.68. The number of carbonyl (C=O) groups excluding carboxylic acids is 1. The van der Waals surface area contributed by atoms with Gasteiger partial charge in [-0.25, -0.2) is 14.8 Å². The molecule has 0 radical (unpaired) electrons. The van der Waals surface area contributed by atoms with E-state index in [1.165, 1.54) is 5.56 Å². The molecule has 1 fully saturated rings. The number of benzene rings is 1. The largest absolute Gasteiger partial charge is 0.378 e. The third-order valence-corrected chi connectivity index (χ3v) is 4.02. The summed E-state index contributed by atoms with van der Waals surface area (Å²) in [6.45, 7) is 5.37. The molecule has 132 valence electrons. The standard InChI is InChI=1S/C18H23N5O2/c1-2-14-4-3-5-15(12-14)22-18(24)20-13-16-6-7-19-17(21-16)23-8-10-25-11-9-23/h3-7,12H,2,8-11,13H2,1H3,(H2,20,22,24). The van der Waals surface area contributed by atoms with Gasteiger partial charge in [0.15, 0.2) is 0 Å². The molecule has 0 atom stereocenters. The molecule has 1 saturated heterocycles. The van der Waals surface area contributed by atoms with Crippen molar-refractivity contribution in [3.8, 4) is 0 Å². The van der Waals surface area contributed by atoms with Crippen molar-refractivity contribution in [3.63, 3.8) is 0 Å². The van der Waals surface area contributed by atoms with E-state index < -0.39 is 0 Å². The van der Waals surface area contributed by atoms with Crippen molar-refractivity contribution < 1.29 is 9.53 Å². The number of carbonyl (C=O) groups is 1. The number of nitrogens with one attached hydrogen (secondary N) is 2. The first kappa shape index (κ1) is 17.2. The average Bonchev–Trinajstić information content (AvgIpc) is 2.67. The highest BCUT2D eigenvalue weighted by Gasteiger charge is 2.14. The summed E-state index contributed by atoms with van der Waals surface area (Å²) in [6.07, 6.45) is 2.65. The molecule has 0 unspecified atom stereocenters. The maximum atomic E-state index is 12.1. The van der Waals surface area contributed by atoms with Gasteiger partial charge in [-0.2, -0.15) is 0 Å². The zero-order chi connectivity index (χ0) is 17.5. The highest BCUT2D eigenvalue weighted by molar-refractivity contribution is 5.89. The molecule has 1 aliphatic heterocycles. The van der Waals surface area contributed by atoms with Crippen molar-refractivity contribution >= 4 is 17.7 Å². The number of rotatable bonds is 5. The summed E-state index contributed by atoms with van der Waals surface area (Å²) < 4.78 is 5.34. The molecule has 2 N–H and O–H groups in total. The van der Waals surface area contributed by atoms with Crippen LogP contribution in [0.1, 0.15) is 18.2 Å². The Morgan fingerprint density at radius 2 is 2.12 bits per heavy atom. The Hall–Kier alpha value is -2.67. The van der Waals surface area contributed by atoms with E-state index in [2.05, 4.69) is 32.4 Å². The van der Waals surface area contributed by atoms with E-state index >= 15 is 0 Å². The summed E-state index contributed by atoms with van der Waals surface area (Å²) in [6, 6.07) is 9.38. The number of anilines is 2. The van der Waals surface area contributed by atoms with Crippen LogP contribution in [0.25, 0.3) is 0 Å². The van der Waals surface area contributed by atoms with Crippen LogP contribution < -0.4 is 15.5 Å². The number of ether oxygens (including phenoxy) is 1. The van der Waals surface area contributed by atoms with Gasteiger partial charge in [-0.3, -0.25) is 0 Å². The minimum Gasteiger partial charge on any atom is -0.378 e. The number of amides is 2. The fourth-order valence-electron chi connectivity index (χ4n) is 2.61. The van der Waals surface area contributed by atoms with Gasteiger partial charge in [0.25, 0.3) is 0 Å². The summed E-state index contributed by atoms with van der Waals surface area (Å²) in [7, 11) is 0. The summed E-state index contributed by atoms with van der Waals surface area (Å²) >= 11 is 0. The van der Waals surface area contributed by atoms with Crippen molar-refractivity contribution in [2.24, 2.45) is 0 Å². The van der Waals surface area contributed by atoms with E-state index in [0.29, 0.717) is 25.7 Å². The third-order valence-electron chi connectivity index (χ3n) is 4.02. The predicted molar refractivity (Wildman–Crippen MR) is 96.7 cm³/mol. The lowest BCUT2D eigenvalue weighted by Crippen LogP contribution is -2.37. The molecule has 2 heterocycles. The zero-order valence-corrected chi connectivity index (χ0v) is 14.4. The van der Waals surface area contributed by atoms with Crippen molar-refractivity contribution in [1.29, 1.82) is 0 Å². The molecule has 7 nitrogen and oxygen atoms in total. The summed E-state index contributed by atoms with van der Waals surface area (Å²) in [4.78, 5) is 23.0. The Balaban J connectivity index is 1.54. The number of nitrogens with zero attached hydrogens (tertiary/aromatic N) is 3. The first-order valence-electron chi connectivity index (χ1n) is 8.53. The molecular weight excluding hydrogens is 318 g/mol. The SMILES string of the molecule is CCc1cccc(NC(=O)NCc2ccnc(N3CCOCC3)n2)c1. The zero-order valence-electron chi connectivity index (χ0n) is 14.4. The Bertz CT molecular complexity index is 716. The first-order valence-corrected chi connectivity index (χ1v) is 8.53. The molecule has 1 aromatic heterocycles. The molecule has 1 aromatic carbocycles. The number of aromatic nitrogens is 2. The highest BCUT2D eigenvalue weighted by Crippen LogP contribution is 2.12. The molecule has 1 aliphatic rings. The quantitative estimate of drug-likeness (QED) is 0.871. The second-order valence-corrected chi connectivity index (χ2v) is 5.81. The van der Waals surface area contributed by atoms with Gasteiger partial charge < -0.3 is 20.3 Å². The fraction of sp³-hybridized carbons (Fsp3) is 0.389. The Morgan fingerprint density at radius 1 is 1.28 bits per heavy atom. The second-order valence-electron chi connectivity index (χ2n) is 5.81. The fourth-order valence-corrected chi connectivity index (χ4v) is 2.61. The number of hydrogen-bond donors (Lipinski definition) is 2. The normalized spacial score (nSPS) is 14.2. The lowest BCUT2D eigenvalue weighted by atomic mass is 10.1. The van der Waals surface area contributed by atoms with Gasteiger partial charge in [-0.1, -0.05) is 19.1 Å². The maximum absolute atomic E-state index is 12.1. The smallest absolute Gasteiger partial charge is 0.319 e. The van der Waals surface area contributed by atoms with Gasteiger partial charge in [-0.15, -0.1) is 0 Å². The molecule has 0 bridgehead atoms. The van der Waals surface area contributed by atoms with Gasteiger partial charge >= 0.3 is 6.03 Å². The van der Waals surface area contributed by atoms with Crippen molar-refractivity contribution in [2.45, 2.75) is 19.9 Å². The average molecular weight is 341 g/mol. The van der Waals surface area contributed by atoms with Gasteiger partial charge in [0.2, 0.25) is 5.95 Å². The van der Waals surface area contributed by atoms with Crippen LogP contribution in [0.2, 0.25) is 0 Å². The van der Waals surface area contributed by atoms with Crippen LogP contribution in [-0.2, 0) is 17.7 Å². The summed E-state index contributed by atoms with van der Waals surface area (Å²) in [5.41, 5.74) is 2.74. The Kier molecular flexibility index (Phi) is 5.79. The van der Waals surface area contributed by atoms with Crippen LogP contribution in [0.4, 0.5) is 16.4 Å². The molecule has 2 aromatic rings. The van der Waals surface area contributed by atoms with Crippen LogP contribution in [0.3, 0.4) is 0 Å². The third kappa shape index (κ3) is 4.90. The first-order chi connectivity index (χ1) is 12.2. The Labute approximate surface area is 147 Å².